The summed E-state index contributed by atoms with van der Waals surface area (Å²) < 4.78 is 8.16. The van der Waals surface area contributed by atoms with Crippen LogP contribution in [0.5, 0.6) is 11.6 Å². The Kier molecular flexibility index (Phi) is 8.26. The van der Waals surface area contributed by atoms with Crippen molar-refractivity contribution in [2.24, 2.45) is 7.05 Å². The molecule has 1 N–H and O–H groups in total. The average molecular weight is 434 g/mol. The molecule has 3 aromatic rings. The maximum atomic E-state index is 10.6. The highest BCUT2D eigenvalue weighted by molar-refractivity contribution is 5.65. The van der Waals surface area contributed by atoms with E-state index in [-0.39, 0.29) is 6.04 Å². The summed E-state index contributed by atoms with van der Waals surface area (Å²) in [5.74, 6) is 1.50. The number of rotatable bonds is 11. The summed E-state index contributed by atoms with van der Waals surface area (Å²) in [5, 5.41) is 15.4. The Morgan fingerprint density at radius 2 is 1.81 bits per heavy atom. The van der Waals surface area contributed by atoms with E-state index >= 15 is 0 Å². The van der Waals surface area contributed by atoms with E-state index in [4.69, 9.17) is 9.84 Å². The number of aromatic nitrogens is 2. The summed E-state index contributed by atoms with van der Waals surface area (Å²) in [6.45, 7) is 11.3. The molecule has 32 heavy (non-hydrogen) atoms. The molecule has 0 aliphatic carbocycles. The highest BCUT2D eigenvalue weighted by Gasteiger charge is 2.24. The lowest BCUT2D eigenvalue weighted by Gasteiger charge is -2.29. The number of aryl methyl sites for hydroxylation is 2. The molecule has 0 saturated carbocycles. The van der Waals surface area contributed by atoms with E-state index in [0.29, 0.717) is 19.5 Å². The summed E-state index contributed by atoms with van der Waals surface area (Å²) in [5.41, 5.74) is 4.16. The van der Waals surface area contributed by atoms with Crippen LogP contribution < -0.4 is 4.74 Å². The summed E-state index contributed by atoms with van der Waals surface area (Å²) >= 11 is 0. The van der Waals surface area contributed by atoms with Crippen LogP contribution >= 0.6 is 0 Å². The Labute approximate surface area is 192 Å². The third kappa shape index (κ3) is 6.09. The molecule has 5 heteroatoms. The van der Waals surface area contributed by atoms with Gasteiger partial charge in [0.15, 0.2) is 0 Å². The van der Waals surface area contributed by atoms with Crippen LogP contribution in [0.15, 0.2) is 67.3 Å². The first-order valence-electron chi connectivity index (χ1n) is 11.3. The lowest BCUT2D eigenvalue weighted by atomic mass is 10.1. The van der Waals surface area contributed by atoms with Crippen LogP contribution in [-0.2, 0) is 13.6 Å². The molecule has 1 aromatic heterocycles. The van der Waals surface area contributed by atoms with Crippen LogP contribution in [0.4, 0.5) is 0 Å². The Hall–Kier alpha value is -2.89. The Balaban J connectivity index is 1.98. The predicted molar refractivity (Wildman–Crippen MR) is 131 cm³/mol. The zero-order valence-corrected chi connectivity index (χ0v) is 19.7. The average Bonchev–Trinajstić information content (AvgIpc) is 3.09. The SMILES string of the molecule is C=CCCC(O)CN(Cc1c(-c2ccccc2)nn(C)c1Oc1ccc(C)cc1)C(C)C. The third-order valence-corrected chi connectivity index (χ3v) is 5.61. The molecule has 0 bridgehead atoms. The highest BCUT2D eigenvalue weighted by atomic mass is 16.5. The van der Waals surface area contributed by atoms with Crippen LogP contribution in [0, 0.1) is 6.92 Å². The zero-order chi connectivity index (χ0) is 23.1. The zero-order valence-electron chi connectivity index (χ0n) is 19.7. The van der Waals surface area contributed by atoms with Gasteiger partial charge in [0, 0.05) is 31.7 Å². The molecule has 0 aliphatic heterocycles. The first-order valence-corrected chi connectivity index (χ1v) is 11.3. The minimum absolute atomic E-state index is 0.254. The number of nitrogens with zero attached hydrogens (tertiary/aromatic N) is 3. The number of aliphatic hydroxyl groups excluding tert-OH is 1. The molecular formula is C27H35N3O2. The number of ether oxygens (including phenoxy) is 1. The molecule has 0 amide bonds. The van der Waals surface area contributed by atoms with Gasteiger partial charge in [-0.1, -0.05) is 54.1 Å². The largest absolute Gasteiger partial charge is 0.439 e. The molecule has 0 radical (unpaired) electrons. The predicted octanol–water partition coefficient (Wildman–Crippen LogP) is 5.73. The van der Waals surface area contributed by atoms with Crippen molar-refractivity contribution < 1.29 is 9.84 Å². The minimum Gasteiger partial charge on any atom is -0.439 e. The molecule has 2 aromatic carbocycles. The van der Waals surface area contributed by atoms with Gasteiger partial charge in [0.05, 0.1) is 11.7 Å². The second-order valence-electron chi connectivity index (χ2n) is 8.58. The van der Waals surface area contributed by atoms with Crippen molar-refractivity contribution in [2.45, 2.75) is 52.3 Å². The maximum absolute atomic E-state index is 10.6. The van der Waals surface area contributed by atoms with Crippen LogP contribution in [0.2, 0.25) is 0 Å². The van der Waals surface area contributed by atoms with Crippen molar-refractivity contribution in [2.75, 3.05) is 6.54 Å². The second kappa shape index (κ2) is 11.1. The van der Waals surface area contributed by atoms with Crippen LogP contribution in [-0.4, -0.2) is 38.5 Å². The second-order valence-corrected chi connectivity index (χ2v) is 8.58. The number of aliphatic hydroxyl groups is 1. The molecule has 0 aliphatic rings. The van der Waals surface area contributed by atoms with E-state index in [2.05, 4.69) is 44.4 Å². The molecular weight excluding hydrogens is 398 g/mol. The van der Waals surface area contributed by atoms with E-state index in [9.17, 15) is 5.11 Å². The molecule has 1 unspecified atom stereocenters. The van der Waals surface area contributed by atoms with E-state index in [0.717, 1.165) is 34.9 Å². The van der Waals surface area contributed by atoms with E-state index < -0.39 is 6.10 Å². The van der Waals surface area contributed by atoms with Crippen LogP contribution in [0.25, 0.3) is 11.3 Å². The summed E-state index contributed by atoms with van der Waals surface area (Å²) in [7, 11) is 1.91. The van der Waals surface area contributed by atoms with E-state index in [1.54, 1.807) is 0 Å². The van der Waals surface area contributed by atoms with Crippen molar-refractivity contribution in [1.29, 1.82) is 0 Å². The quantitative estimate of drug-likeness (QED) is 0.393. The molecule has 0 saturated heterocycles. The van der Waals surface area contributed by atoms with Gasteiger partial charge in [0.25, 0.3) is 0 Å². The molecule has 170 valence electrons. The summed E-state index contributed by atoms with van der Waals surface area (Å²) in [6, 6.07) is 18.5. The highest BCUT2D eigenvalue weighted by Crippen LogP contribution is 2.34. The number of hydrogen-bond acceptors (Lipinski definition) is 4. The molecule has 1 heterocycles. The minimum atomic E-state index is -0.409. The fourth-order valence-corrected chi connectivity index (χ4v) is 3.70. The van der Waals surface area contributed by atoms with Gasteiger partial charge in [-0.25, -0.2) is 4.68 Å². The Morgan fingerprint density at radius 3 is 2.44 bits per heavy atom. The van der Waals surface area contributed by atoms with Gasteiger partial charge < -0.3 is 9.84 Å². The lowest BCUT2D eigenvalue weighted by Crippen LogP contribution is -2.37. The molecule has 5 nitrogen and oxygen atoms in total. The summed E-state index contributed by atoms with van der Waals surface area (Å²) in [4.78, 5) is 2.28. The van der Waals surface area contributed by atoms with Gasteiger partial charge in [0.2, 0.25) is 5.88 Å². The maximum Gasteiger partial charge on any atom is 0.222 e. The smallest absolute Gasteiger partial charge is 0.222 e. The third-order valence-electron chi connectivity index (χ3n) is 5.61. The standard InChI is InChI=1S/C27H35N3O2/c1-6-7-13-23(31)18-30(20(2)3)19-25-26(22-11-9-8-10-12-22)28-29(5)27(25)32-24-16-14-21(4)15-17-24/h6,8-12,14-17,20,23,31H,1,7,13,18-19H2,2-5H3. The Bertz CT molecular complexity index is 994. The monoisotopic (exact) mass is 433 g/mol. The first-order chi connectivity index (χ1) is 15.4. The van der Waals surface area contributed by atoms with Crippen molar-refractivity contribution in [1.82, 2.24) is 14.7 Å². The van der Waals surface area contributed by atoms with E-state index in [1.165, 1.54) is 5.56 Å². The molecule has 0 spiro atoms. The van der Waals surface area contributed by atoms with Gasteiger partial charge in [-0.2, -0.15) is 5.10 Å². The molecule has 0 fully saturated rings. The molecule has 1 atom stereocenters. The number of hydrogen-bond donors (Lipinski definition) is 1. The normalized spacial score (nSPS) is 12.3. The van der Waals surface area contributed by atoms with Gasteiger partial charge in [-0.05, 0) is 45.7 Å². The number of benzene rings is 2. The molecule has 3 rings (SSSR count). The van der Waals surface area contributed by atoms with Crippen molar-refractivity contribution >= 4 is 0 Å². The van der Waals surface area contributed by atoms with Gasteiger partial charge in [0.1, 0.15) is 11.4 Å². The lowest BCUT2D eigenvalue weighted by molar-refractivity contribution is 0.0851. The van der Waals surface area contributed by atoms with Gasteiger partial charge in [-0.15, -0.1) is 6.58 Å². The Morgan fingerprint density at radius 1 is 1.12 bits per heavy atom. The summed E-state index contributed by atoms with van der Waals surface area (Å²) in [6.07, 6.45) is 2.95. The first kappa shape index (κ1) is 23.8. The van der Waals surface area contributed by atoms with Gasteiger partial charge in [-0.3, -0.25) is 4.90 Å². The van der Waals surface area contributed by atoms with Crippen molar-refractivity contribution in [3.63, 3.8) is 0 Å². The van der Waals surface area contributed by atoms with Crippen LogP contribution in [0.1, 0.15) is 37.8 Å². The van der Waals surface area contributed by atoms with Crippen molar-refractivity contribution in [3.8, 4) is 22.9 Å². The van der Waals surface area contributed by atoms with E-state index in [1.807, 2.05) is 60.3 Å². The number of allylic oxidation sites excluding steroid dienone is 1. The fraction of sp³-hybridized carbons (Fsp3) is 0.370. The fourth-order valence-electron chi connectivity index (χ4n) is 3.70. The topological polar surface area (TPSA) is 50.5 Å². The van der Waals surface area contributed by atoms with Crippen molar-refractivity contribution in [3.05, 3.63) is 78.4 Å². The van der Waals surface area contributed by atoms with Crippen LogP contribution in [0.3, 0.4) is 0 Å². The van der Waals surface area contributed by atoms with Gasteiger partial charge >= 0.3 is 0 Å².